The van der Waals surface area contributed by atoms with Gasteiger partial charge < -0.3 is 10.5 Å². The number of aromatic nitrogens is 1. The zero-order valence-electron chi connectivity index (χ0n) is 10.9. The average molecular weight is 287 g/mol. The molecule has 20 heavy (non-hydrogen) atoms. The van der Waals surface area contributed by atoms with E-state index in [0.29, 0.717) is 22.0 Å². The quantitative estimate of drug-likeness (QED) is 0.867. The van der Waals surface area contributed by atoms with E-state index in [1.54, 1.807) is 37.4 Å². The minimum absolute atomic E-state index is 0.272. The first kappa shape index (κ1) is 14.0. The Kier molecular flexibility index (Phi) is 4.33. The second kappa shape index (κ2) is 6.17. The normalized spacial score (nSPS) is 11.6. The van der Waals surface area contributed by atoms with Gasteiger partial charge in [-0.05, 0) is 35.9 Å². The Morgan fingerprint density at radius 1 is 1.40 bits per heavy atom. The Morgan fingerprint density at radius 2 is 2.20 bits per heavy atom. The SMILES string of the molecule is COc1ccc(N)c(S(=O)Cc2ccnc(C#N)c2)c1. The third kappa shape index (κ3) is 3.13. The molecule has 0 bridgehead atoms. The van der Waals surface area contributed by atoms with Crippen LogP contribution >= 0.6 is 0 Å². The van der Waals surface area contributed by atoms with Crippen LogP contribution in [0.2, 0.25) is 0 Å². The molecule has 0 spiro atoms. The van der Waals surface area contributed by atoms with Crippen LogP contribution in [-0.2, 0) is 16.6 Å². The number of anilines is 1. The predicted molar refractivity (Wildman–Crippen MR) is 76.5 cm³/mol. The molecule has 0 aliphatic carbocycles. The van der Waals surface area contributed by atoms with E-state index in [4.69, 9.17) is 15.7 Å². The highest BCUT2D eigenvalue weighted by molar-refractivity contribution is 7.84. The molecule has 5 nitrogen and oxygen atoms in total. The zero-order chi connectivity index (χ0) is 14.5. The summed E-state index contributed by atoms with van der Waals surface area (Å²) < 4.78 is 17.5. The van der Waals surface area contributed by atoms with Crippen molar-refractivity contribution in [1.29, 1.82) is 5.26 Å². The molecule has 1 atom stereocenters. The predicted octanol–water partition coefficient (Wildman–Crippen LogP) is 1.85. The molecule has 1 aromatic heterocycles. The van der Waals surface area contributed by atoms with Gasteiger partial charge in [0.05, 0.1) is 28.6 Å². The van der Waals surface area contributed by atoms with E-state index in [9.17, 15) is 4.21 Å². The van der Waals surface area contributed by atoms with E-state index < -0.39 is 10.8 Å². The molecule has 0 radical (unpaired) electrons. The molecule has 2 aromatic rings. The minimum Gasteiger partial charge on any atom is -0.497 e. The Hall–Kier alpha value is -2.39. The number of nitrogens with zero attached hydrogens (tertiary/aromatic N) is 2. The number of hydrogen-bond acceptors (Lipinski definition) is 5. The van der Waals surface area contributed by atoms with E-state index in [1.165, 1.54) is 6.20 Å². The van der Waals surface area contributed by atoms with Crippen molar-refractivity contribution >= 4 is 16.5 Å². The number of ether oxygens (including phenoxy) is 1. The van der Waals surface area contributed by atoms with E-state index in [2.05, 4.69) is 4.98 Å². The van der Waals surface area contributed by atoms with Crippen molar-refractivity contribution in [3.8, 4) is 11.8 Å². The maximum atomic E-state index is 12.4. The summed E-state index contributed by atoms with van der Waals surface area (Å²) in [6, 6.07) is 10.4. The number of rotatable bonds is 4. The third-order valence-corrected chi connectivity index (χ3v) is 4.14. The zero-order valence-corrected chi connectivity index (χ0v) is 11.7. The molecular weight excluding hydrogens is 274 g/mol. The summed E-state index contributed by atoms with van der Waals surface area (Å²) in [6.45, 7) is 0. The van der Waals surface area contributed by atoms with Crippen LogP contribution in [0.3, 0.4) is 0 Å². The highest BCUT2D eigenvalue weighted by Crippen LogP contribution is 2.24. The van der Waals surface area contributed by atoms with Gasteiger partial charge in [-0.3, -0.25) is 4.21 Å². The number of nitrogen functional groups attached to an aromatic ring is 1. The van der Waals surface area contributed by atoms with Crippen LogP contribution in [0.5, 0.6) is 5.75 Å². The van der Waals surface area contributed by atoms with E-state index in [0.717, 1.165) is 5.56 Å². The van der Waals surface area contributed by atoms with Crippen LogP contribution in [0.4, 0.5) is 5.69 Å². The second-order valence-corrected chi connectivity index (χ2v) is 5.47. The monoisotopic (exact) mass is 287 g/mol. The fraction of sp³-hybridized carbons (Fsp3) is 0.143. The molecule has 0 fully saturated rings. The van der Waals surface area contributed by atoms with Crippen molar-refractivity contribution in [1.82, 2.24) is 4.98 Å². The molecule has 102 valence electrons. The lowest BCUT2D eigenvalue weighted by atomic mass is 10.2. The molecule has 2 N–H and O–H groups in total. The number of nitrogens with two attached hydrogens (primary N) is 1. The van der Waals surface area contributed by atoms with Gasteiger partial charge in [0.25, 0.3) is 0 Å². The maximum Gasteiger partial charge on any atom is 0.140 e. The number of hydrogen-bond donors (Lipinski definition) is 1. The van der Waals surface area contributed by atoms with Gasteiger partial charge in [0.15, 0.2) is 0 Å². The van der Waals surface area contributed by atoms with Gasteiger partial charge in [-0.2, -0.15) is 5.26 Å². The van der Waals surface area contributed by atoms with Gasteiger partial charge in [-0.1, -0.05) is 0 Å². The van der Waals surface area contributed by atoms with Crippen molar-refractivity contribution in [2.45, 2.75) is 10.6 Å². The second-order valence-electron chi connectivity index (χ2n) is 4.05. The Balaban J connectivity index is 2.26. The molecule has 0 saturated heterocycles. The van der Waals surface area contributed by atoms with Crippen molar-refractivity contribution in [3.05, 3.63) is 47.8 Å². The smallest absolute Gasteiger partial charge is 0.140 e. The fourth-order valence-electron chi connectivity index (χ4n) is 1.69. The lowest BCUT2D eigenvalue weighted by Gasteiger charge is -2.08. The first-order valence-electron chi connectivity index (χ1n) is 5.81. The van der Waals surface area contributed by atoms with Crippen molar-refractivity contribution in [3.63, 3.8) is 0 Å². The van der Waals surface area contributed by atoms with Crippen molar-refractivity contribution in [2.24, 2.45) is 0 Å². The van der Waals surface area contributed by atoms with Crippen LogP contribution in [0.25, 0.3) is 0 Å². The summed E-state index contributed by atoms with van der Waals surface area (Å²) >= 11 is 0. The molecular formula is C14H13N3O2S. The summed E-state index contributed by atoms with van der Waals surface area (Å²) in [4.78, 5) is 4.41. The molecule has 0 saturated carbocycles. The Morgan fingerprint density at radius 3 is 2.90 bits per heavy atom. The molecule has 6 heteroatoms. The summed E-state index contributed by atoms with van der Waals surface area (Å²) in [6.07, 6.45) is 1.53. The lowest BCUT2D eigenvalue weighted by molar-refractivity contribution is 0.413. The highest BCUT2D eigenvalue weighted by atomic mass is 32.2. The van der Waals surface area contributed by atoms with E-state index >= 15 is 0 Å². The van der Waals surface area contributed by atoms with Crippen LogP contribution < -0.4 is 10.5 Å². The molecule has 0 amide bonds. The summed E-state index contributed by atoms with van der Waals surface area (Å²) in [5.74, 6) is 0.879. The molecule has 1 aromatic carbocycles. The molecule has 0 aliphatic heterocycles. The molecule has 2 rings (SSSR count). The number of nitriles is 1. The van der Waals surface area contributed by atoms with Crippen LogP contribution in [0.15, 0.2) is 41.4 Å². The summed E-state index contributed by atoms with van der Waals surface area (Å²) in [7, 11) is 0.232. The van der Waals surface area contributed by atoms with Gasteiger partial charge in [0, 0.05) is 11.9 Å². The van der Waals surface area contributed by atoms with Gasteiger partial charge >= 0.3 is 0 Å². The van der Waals surface area contributed by atoms with Gasteiger partial charge in [-0.15, -0.1) is 0 Å². The fourth-order valence-corrected chi connectivity index (χ4v) is 2.91. The van der Waals surface area contributed by atoms with Crippen molar-refractivity contribution < 1.29 is 8.95 Å². The highest BCUT2D eigenvalue weighted by Gasteiger charge is 2.11. The standard InChI is InChI=1S/C14H13N3O2S/c1-19-12-2-3-13(16)14(7-12)20(18)9-10-4-5-17-11(6-10)8-15/h2-7H,9,16H2,1H3. The molecule has 1 heterocycles. The molecule has 1 unspecified atom stereocenters. The van der Waals surface area contributed by atoms with Gasteiger partial charge in [0.1, 0.15) is 17.5 Å². The number of benzene rings is 1. The van der Waals surface area contributed by atoms with Crippen LogP contribution in [0, 0.1) is 11.3 Å². The van der Waals surface area contributed by atoms with Gasteiger partial charge in [0.2, 0.25) is 0 Å². The lowest BCUT2D eigenvalue weighted by Crippen LogP contribution is -2.02. The van der Waals surface area contributed by atoms with Crippen LogP contribution in [-0.4, -0.2) is 16.3 Å². The van der Waals surface area contributed by atoms with Gasteiger partial charge in [-0.25, -0.2) is 4.98 Å². The minimum atomic E-state index is -1.31. The summed E-state index contributed by atoms with van der Waals surface area (Å²) in [5, 5.41) is 8.80. The van der Waals surface area contributed by atoms with E-state index in [1.807, 2.05) is 6.07 Å². The largest absolute Gasteiger partial charge is 0.497 e. The number of methoxy groups -OCH3 is 1. The van der Waals surface area contributed by atoms with E-state index in [-0.39, 0.29) is 5.75 Å². The Labute approximate surface area is 119 Å². The van der Waals surface area contributed by atoms with Crippen LogP contribution in [0.1, 0.15) is 11.3 Å². The van der Waals surface area contributed by atoms with Crippen molar-refractivity contribution in [2.75, 3.05) is 12.8 Å². The molecule has 0 aliphatic rings. The average Bonchev–Trinajstić information content (AvgIpc) is 2.47. The first-order valence-corrected chi connectivity index (χ1v) is 7.13. The number of pyridine rings is 1. The Bertz CT molecular complexity index is 695. The maximum absolute atomic E-state index is 12.4. The summed E-state index contributed by atoms with van der Waals surface area (Å²) in [5.41, 5.74) is 7.38. The first-order chi connectivity index (χ1) is 9.63. The third-order valence-electron chi connectivity index (χ3n) is 2.70. The topological polar surface area (TPSA) is 89.0 Å².